The lowest BCUT2D eigenvalue weighted by Crippen LogP contribution is -2.41. The molecule has 3 nitrogen and oxygen atoms in total. The van der Waals surface area contributed by atoms with Gasteiger partial charge in [0.1, 0.15) is 0 Å². The molecule has 1 spiro atoms. The number of hydrogen-bond donors (Lipinski definition) is 1. The maximum absolute atomic E-state index is 12.8. The van der Waals surface area contributed by atoms with Gasteiger partial charge in [0.25, 0.3) is 0 Å². The number of rotatable bonds is 4. The summed E-state index contributed by atoms with van der Waals surface area (Å²) >= 11 is 0. The second kappa shape index (κ2) is 5.86. The van der Waals surface area contributed by atoms with Crippen molar-refractivity contribution in [2.24, 2.45) is 17.1 Å². The van der Waals surface area contributed by atoms with Crippen molar-refractivity contribution in [2.75, 3.05) is 20.1 Å². The molecule has 0 heterocycles. The first-order valence-corrected chi connectivity index (χ1v) is 7.93. The Morgan fingerprint density at radius 3 is 2.77 bits per heavy atom. The summed E-state index contributed by atoms with van der Waals surface area (Å²) in [7, 11) is 1.92. The van der Waals surface area contributed by atoms with Crippen molar-refractivity contribution in [1.82, 2.24) is 4.90 Å². The van der Waals surface area contributed by atoms with Crippen molar-refractivity contribution in [2.45, 2.75) is 38.5 Å². The molecule has 1 aromatic carbocycles. The summed E-state index contributed by atoms with van der Waals surface area (Å²) in [5.41, 5.74) is 8.79. The summed E-state index contributed by atoms with van der Waals surface area (Å²) in [6, 6.07) is 8.64. The summed E-state index contributed by atoms with van der Waals surface area (Å²) in [6.45, 7) is 5.56. The molecule has 0 aliphatic heterocycles. The number of carbonyl (C=O) groups is 1. The van der Waals surface area contributed by atoms with E-state index < -0.39 is 0 Å². The minimum absolute atomic E-state index is 0. The van der Waals surface area contributed by atoms with Crippen LogP contribution >= 0.6 is 12.4 Å². The number of carbonyl (C=O) groups excluding carboxylic acids is 1. The van der Waals surface area contributed by atoms with E-state index in [-0.39, 0.29) is 29.2 Å². The summed E-state index contributed by atoms with van der Waals surface area (Å²) in [5, 5.41) is 0. The van der Waals surface area contributed by atoms with Gasteiger partial charge < -0.3 is 10.6 Å². The molecule has 1 saturated carbocycles. The van der Waals surface area contributed by atoms with E-state index in [0.29, 0.717) is 12.5 Å². The van der Waals surface area contributed by atoms with E-state index in [1.54, 1.807) is 0 Å². The van der Waals surface area contributed by atoms with Gasteiger partial charge in [-0.1, -0.05) is 38.1 Å². The first kappa shape index (κ1) is 17.3. The number of fused-ring (bicyclic) bond motifs is 2. The molecule has 2 N–H and O–H groups in total. The molecule has 1 amide bonds. The zero-order chi connectivity index (χ0) is 15.3. The summed E-state index contributed by atoms with van der Waals surface area (Å²) in [5.74, 6) is 0.480. The van der Waals surface area contributed by atoms with Gasteiger partial charge in [0, 0.05) is 24.9 Å². The third-order valence-corrected chi connectivity index (χ3v) is 5.36. The third-order valence-electron chi connectivity index (χ3n) is 5.36. The standard InChI is InChI=1S/C18H26N2O.ClH/c1-17(2,11-19)12-20(3)16(21)15-10-18(15)9-8-13-6-4-5-7-14(13)18;/h4-7,15H,8-12,19H2,1-3H3;1H. The van der Waals surface area contributed by atoms with E-state index in [1.807, 2.05) is 11.9 Å². The van der Waals surface area contributed by atoms with Crippen LogP contribution < -0.4 is 5.73 Å². The predicted molar refractivity (Wildman–Crippen MR) is 92.3 cm³/mol. The van der Waals surface area contributed by atoms with Crippen LogP contribution in [0.3, 0.4) is 0 Å². The van der Waals surface area contributed by atoms with E-state index in [9.17, 15) is 4.79 Å². The van der Waals surface area contributed by atoms with Crippen molar-refractivity contribution >= 4 is 18.3 Å². The second-order valence-corrected chi connectivity index (χ2v) is 7.63. The van der Waals surface area contributed by atoms with Crippen LogP contribution in [0.2, 0.25) is 0 Å². The number of benzene rings is 1. The largest absolute Gasteiger partial charge is 0.345 e. The molecule has 122 valence electrons. The maximum Gasteiger partial charge on any atom is 0.226 e. The van der Waals surface area contributed by atoms with Crippen molar-refractivity contribution < 1.29 is 4.79 Å². The van der Waals surface area contributed by atoms with Crippen LogP contribution in [0, 0.1) is 11.3 Å². The minimum Gasteiger partial charge on any atom is -0.345 e. The van der Waals surface area contributed by atoms with E-state index in [2.05, 4.69) is 38.1 Å². The Labute approximate surface area is 139 Å². The Bertz CT molecular complexity index is 572. The summed E-state index contributed by atoms with van der Waals surface area (Å²) < 4.78 is 0. The Morgan fingerprint density at radius 1 is 1.41 bits per heavy atom. The molecule has 0 saturated heterocycles. The number of hydrogen-bond acceptors (Lipinski definition) is 2. The SMILES string of the molecule is CN(CC(C)(C)CN)C(=O)C1CC12CCc1ccccc12.Cl. The molecule has 22 heavy (non-hydrogen) atoms. The molecule has 0 aromatic heterocycles. The van der Waals surface area contributed by atoms with Crippen LogP contribution in [0.5, 0.6) is 0 Å². The molecule has 0 bridgehead atoms. The Kier molecular flexibility index (Phi) is 4.61. The average Bonchev–Trinajstić information content (AvgIpc) is 3.08. The summed E-state index contributed by atoms with van der Waals surface area (Å²) in [6.07, 6.45) is 3.28. The molecule has 4 heteroatoms. The smallest absolute Gasteiger partial charge is 0.226 e. The zero-order valence-electron chi connectivity index (χ0n) is 13.8. The lowest BCUT2D eigenvalue weighted by Gasteiger charge is -2.29. The van der Waals surface area contributed by atoms with Crippen LogP contribution in [0.15, 0.2) is 24.3 Å². The highest BCUT2D eigenvalue weighted by Gasteiger charge is 2.61. The molecule has 2 aliphatic rings. The van der Waals surface area contributed by atoms with Crippen LogP contribution in [0.1, 0.15) is 37.8 Å². The lowest BCUT2D eigenvalue weighted by atomic mass is 9.92. The first-order valence-electron chi connectivity index (χ1n) is 7.93. The van der Waals surface area contributed by atoms with Gasteiger partial charge in [-0.2, -0.15) is 0 Å². The average molecular weight is 323 g/mol. The fraction of sp³-hybridized carbons (Fsp3) is 0.611. The van der Waals surface area contributed by atoms with Crippen molar-refractivity contribution in [3.05, 3.63) is 35.4 Å². The van der Waals surface area contributed by atoms with Crippen molar-refractivity contribution in [1.29, 1.82) is 0 Å². The molecule has 2 atom stereocenters. The third kappa shape index (κ3) is 2.77. The van der Waals surface area contributed by atoms with Crippen LogP contribution in [0.25, 0.3) is 0 Å². The quantitative estimate of drug-likeness (QED) is 0.926. The van der Waals surface area contributed by atoms with Gasteiger partial charge in [-0.05, 0) is 42.3 Å². The summed E-state index contributed by atoms with van der Waals surface area (Å²) in [4.78, 5) is 14.7. The first-order chi connectivity index (χ1) is 9.89. The molecule has 3 rings (SSSR count). The maximum atomic E-state index is 12.8. The minimum atomic E-state index is -0.0138. The highest BCUT2D eigenvalue weighted by Crippen LogP contribution is 2.61. The number of nitrogens with zero attached hydrogens (tertiary/aromatic N) is 1. The molecule has 1 aromatic rings. The fourth-order valence-corrected chi connectivity index (χ4v) is 3.97. The van der Waals surface area contributed by atoms with E-state index in [4.69, 9.17) is 5.73 Å². The van der Waals surface area contributed by atoms with Crippen LogP contribution in [-0.4, -0.2) is 30.9 Å². The molecule has 2 aliphatic carbocycles. The van der Waals surface area contributed by atoms with E-state index >= 15 is 0 Å². The number of halogens is 1. The monoisotopic (exact) mass is 322 g/mol. The van der Waals surface area contributed by atoms with Crippen molar-refractivity contribution in [3.63, 3.8) is 0 Å². The van der Waals surface area contributed by atoms with Gasteiger partial charge in [0.05, 0.1) is 0 Å². The van der Waals surface area contributed by atoms with Crippen LogP contribution in [-0.2, 0) is 16.6 Å². The fourth-order valence-electron chi connectivity index (χ4n) is 3.97. The number of amides is 1. The second-order valence-electron chi connectivity index (χ2n) is 7.63. The van der Waals surface area contributed by atoms with Crippen molar-refractivity contribution in [3.8, 4) is 0 Å². The Hall–Kier alpha value is -1.06. The normalized spacial score (nSPS) is 25.5. The molecular weight excluding hydrogens is 296 g/mol. The van der Waals surface area contributed by atoms with Gasteiger partial charge in [-0.15, -0.1) is 12.4 Å². The topological polar surface area (TPSA) is 46.3 Å². The van der Waals surface area contributed by atoms with E-state index in [1.165, 1.54) is 11.1 Å². The highest BCUT2D eigenvalue weighted by atomic mass is 35.5. The van der Waals surface area contributed by atoms with Crippen LogP contribution in [0.4, 0.5) is 0 Å². The Balaban J connectivity index is 0.00000176. The van der Waals surface area contributed by atoms with Gasteiger partial charge in [0.15, 0.2) is 0 Å². The van der Waals surface area contributed by atoms with Gasteiger partial charge in [-0.3, -0.25) is 4.79 Å². The van der Waals surface area contributed by atoms with E-state index in [0.717, 1.165) is 25.8 Å². The zero-order valence-corrected chi connectivity index (χ0v) is 14.6. The predicted octanol–water partition coefficient (Wildman–Crippen LogP) is 2.76. The lowest BCUT2D eigenvalue weighted by molar-refractivity contribution is -0.132. The van der Waals surface area contributed by atoms with Gasteiger partial charge in [-0.25, -0.2) is 0 Å². The molecule has 2 unspecified atom stereocenters. The number of nitrogens with two attached hydrogens (primary N) is 1. The molecular formula is C18H27ClN2O. The van der Waals surface area contributed by atoms with Gasteiger partial charge >= 0.3 is 0 Å². The molecule has 1 fully saturated rings. The molecule has 0 radical (unpaired) electrons. The number of aryl methyl sites for hydroxylation is 1. The Morgan fingerprint density at radius 2 is 2.09 bits per heavy atom. The van der Waals surface area contributed by atoms with Gasteiger partial charge in [0.2, 0.25) is 5.91 Å². The highest BCUT2D eigenvalue weighted by molar-refractivity contribution is 5.85.